The van der Waals surface area contributed by atoms with E-state index in [1.54, 1.807) is 0 Å². The maximum Gasteiger partial charge on any atom is 0.390 e. The summed E-state index contributed by atoms with van der Waals surface area (Å²) in [5.74, 6) is -2.43. The van der Waals surface area contributed by atoms with Gasteiger partial charge in [-0.15, -0.1) is 0 Å². The fourth-order valence-corrected chi connectivity index (χ4v) is 0.906. The second-order valence-corrected chi connectivity index (χ2v) is 3.08. The van der Waals surface area contributed by atoms with E-state index in [-0.39, 0.29) is 11.3 Å². The fraction of sp³-hybridized carbons (Fsp3) is 0.200. The van der Waals surface area contributed by atoms with Crippen LogP contribution in [0.4, 0.5) is 0 Å². The molecule has 0 aromatic heterocycles. The summed E-state index contributed by atoms with van der Waals surface area (Å²) < 4.78 is 0. The molecule has 0 aliphatic heterocycles. The van der Waals surface area contributed by atoms with Gasteiger partial charge in [-0.25, -0.2) is 19.4 Å². The highest BCUT2D eigenvalue weighted by atomic mass is 17.2. The van der Waals surface area contributed by atoms with Gasteiger partial charge in [0.1, 0.15) is 17.4 Å². The Labute approximate surface area is 96.3 Å². The second-order valence-electron chi connectivity index (χ2n) is 3.08. The van der Waals surface area contributed by atoms with Crippen molar-refractivity contribution in [2.75, 3.05) is 6.61 Å². The van der Waals surface area contributed by atoms with Gasteiger partial charge in [0, 0.05) is 0 Å². The normalized spacial score (nSPS) is 11.6. The number of nitrogens with two attached hydrogens (primary N) is 1. The van der Waals surface area contributed by atoms with E-state index >= 15 is 0 Å². The van der Waals surface area contributed by atoms with Crippen LogP contribution in [0, 0.1) is 0 Å². The largest absolute Gasteiger partial charge is 0.507 e. The molecule has 0 heterocycles. The van der Waals surface area contributed by atoms with Crippen LogP contribution in [0.25, 0.3) is 0 Å². The minimum absolute atomic E-state index is 0.155. The minimum atomic E-state index is -1.29. The van der Waals surface area contributed by atoms with Crippen molar-refractivity contribution in [1.82, 2.24) is 0 Å². The van der Waals surface area contributed by atoms with Gasteiger partial charge >= 0.3 is 11.9 Å². The molecular formula is C10H11NO6. The van der Waals surface area contributed by atoms with E-state index in [0.29, 0.717) is 0 Å². The van der Waals surface area contributed by atoms with E-state index < -0.39 is 24.6 Å². The van der Waals surface area contributed by atoms with Crippen LogP contribution in [0.1, 0.15) is 10.4 Å². The molecule has 0 spiro atoms. The average molecular weight is 241 g/mol. The molecule has 7 nitrogen and oxygen atoms in total. The summed E-state index contributed by atoms with van der Waals surface area (Å²) >= 11 is 0. The highest BCUT2D eigenvalue weighted by Crippen LogP contribution is 2.16. The molecule has 0 radical (unpaired) electrons. The molecule has 0 saturated heterocycles. The number of aliphatic hydroxyl groups excluding tert-OH is 1. The number of para-hydroxylation sites is 1. The van der Waals surface area contributed by atoms with Crippen LogP contribution in [0.3, 0.4) is 0 Å². The van der Waals surface area contributed by atoms with Crippen molar-refractivity contribution in [2.24, 2.45) is 5.73 Å². The van der Waals surface area contributed by atoms with Crippen molar-refractivity contribution >= 4 is 11.9 Å². The number of hydrogen-bond acceptors (Lipinski definition) is 7. The van der Waals surface area contributed by atoms with E-state index in [4.69, 9.17) is 10.8 Å². The zero-order valence-electron chi connectivity index (χ0n) is 8.70. The van der Waals surface area contributed by atoms with Crippen LogP contribution in [0.5, 0.6) is 5.75 Å². The van der Waals surface area contributed by atoms with Crippen LogP contribution in [0.15, 0.2) is 24.3 Å². The molecule has 0 saturated carbocycles. The standard InChI is InChI=1S/C10H11NO6/c11-7(5-12)10(15)17-16-9(14)6-3-1-2-4-8(6)13/h1-4,7,12-13H,5,11H2. The molecule has 0 aliphatic rings. The molecule has 92 valence electrons. The summed E-state index contributed by atoms with van der Waals surface area (Å²) in [5, 5.41) is 17.8. The van der Waals surface area contributed by atoms with Crippen LogP contribution in [-0.4, -0.2) is 34.8 Å². The fourth-order valence-electron chi connectivity index (χ4n) is 0.906. The summed E-state index contributed by atoms with van der Waals surface area (Å²) in [6, 6.07) is 4.29. The zero-order valence-corrected chi connectivity index (χ0v) is 8.70. The lowest BCUT2D eigenvalue weighted by Crippen LogP contribution is -2.36. The summed E-state index contributed by atoms with van der Waals surface area (Å²) in [5.41, 5.74) is 4.95. The molecule has 17 heavy (non-hydrogen) atoms. The van der Waals surface area contributed by atoms with Crippen LogP contribution in [0.2, 0.25) is 0 Å². The Balaban J connectivity index is 2.57. The lowest BCUT2D eigenvalue weighted by atomic mass is 10.2. The van der Waals surface area contributed by atoms with Crippen molar-refractivity contribution in [2.45, 2.75) is 6.04 Å². The lowest BCUT2D eigenvalue weighted by molar-refractivity contribution is -0.236. The van der Waals surface area contributed by atoms with Gasteiger partial charge in [-0.1, -0.05) is 12.1 Å². The Hall–Kier alpha value is -2.12. The van der Waals surface area contributed by atoms with Crippen LogP contribution >= 0.6 is 0 Å². The predicted molar refractivity (Wildman–Crippen MR) is 54.7 cm³/mol. The van der Waals surface area contributed by atoms with E-state index in [1.165, 1.54) is 24.3 Å². The summed E-state index contributed by atoms with van der Waals surface area (Å²) in [7, 11) is 0. The molecule has 0 amide bonds. The molecule has 0 bridgehead atoms. The molecule has 4 N–H and O–H groups in total. The van der Waals surface area contributed by atoms with Crippen molar-refractivity contribution in [3.05, 3.63) is 29.8 Å². The maximum atomic E-state index is 11.3. The molecular weight excluding hydrogens is 230 g/mol. The van der Waals surface area contributed by atoms with Gasteiger partial charge in [-0.2, -0.15) is 0 Å². The van der Waals surface area contributed by atoms with E-state index in [2.05, 4.69) is 9.78 Å². The third kappa shape index (κ3) is 3.44. The maximum absolute atomic E-state index is 11.3. The van der Waals surface area contributed by atoms with Gasteiger partial charge in [-0.3, -0.25) is 0 Å². The van der Waals surface area contributed by atoms with E-state index in [0.717, 1.165) is 0 Å². The highest BCUT2D eigenvalue weighted by Gasteiger charge is 2.19. The first-order chi connectivity index (χ1) is 8.06. The summed E-state index contributed by atoms with van der Waals surface area (Å²) in [6.45, 7) is -0.632. The predicted octanol–water partition coefficient (Wildman–Crippen LogP) is -0.673. The van der Waals surface area contributed by atoms with Gasteiger partial charge in [-0.05, 0) is 12.1 Å². The van der Waals surface area contributed by atoms with Gasteiger partial charge in [0.2, 0.25) is 0 Å². The summed E-state index contributed by atoms with van der Waals surface area (Å²) in [6.07, 6.45) is 0. The quantitative estimate of drug-likeness (QED) is 0.474. The monoisotopic (exact) mass is 241 g/mol. The first-order valence-electron chi connectivity index (χ1n) is 4.63. The number of aromatic hydroxyl groups is 1. The Morgan fingerprint density at radius 1 is 1.29 bits per heavy atom. The molecule has 1 rings (SSSR count). The number of aliphatic hydroxyl groups is 1. The van der Waals surface area contributed by atoms with Crippen LogP contribution < -0.4 is 5.73 Å². The zero-order chi connectivity index (χ0) is 12.8. The van der Waals surface area contributed by atoms with E-state index in [1.807, 2.05) is 0 Å². The Bertz CT molecular complexity index is 419. The van der Waals surface area contributed by atoms with Crippen molar-refractivity contribution in [1.29, 1.82) is 0 Å². The minimum Gasteiger partial charge on any atom is -0.507 e. The molecule has 1 unspecified atom stereocenters. The molecule has 1 atom stereocenters. The Morgan fingerprint density at radius 3 is 2.53 bits per heavy atom. The van der Waals surface area contributed by atoms with Gasteiger partial charge in [0.25, 0.3) is 0 Å². The first-order valence-corrected chi connectivity index (χ1v) is 4.63. The number of benzene rings is 1. The number of hydrogen-bond donors (Lipinski definition) is 3. The Kier molecular flexibility index (Phi) is 4.44. The highest BCUT2D eigenvalue weighted by molar-refractivity contribution is 5.92. The summed E-state index contributed by atoms with van der Waals surface area (Å²) in [4.78, 5) is 30.5. The molecule has 0 aliphatic carbocycles. The number of carbonyl (C=O) groups is 2. The van der Waals surface area contributed by atoms with Crippen molar-refractivity contribution < 1.29 is 29.6 Å². The number of carbonyl (C=O) groups excluding carboxylic acids is 2. The SMILES string of the molecule is NC(CO)C(=O)OOC(=O)c1ccccc1O. The molecule has 1 aromatic rings. The average Bonchev–Trinajstić information content (AvgIpc) is 2.35. The topological polar surface area (TPSA) is 119 Å². The number of phenolic OH excluding ortho intramolecular Hbond substituents is 1. The smallest absolute Gasteiger partial charge is 0.390 e. The van der Waals surface area contributed by atoms with Crippen molar-refractivity contribution in [3.63, 3.8) is 0 Å². The lowest BCUT2D eigenvalue weighted by Gasteiger charge is -2.07. The van der Waals surface area contributed by atoms with E-state index in [9.17, 15) is 14.7 Å². The second kappa shape index (κ2) is 5.83. The molecule has 0 fully saturated rings. The number of rotatable bonds is 3. The Morgan fingerprint density at radius 2 is 1.94 bits per heavy atom. The van der Waals surface area contributed by atoms with Crippen LogP contribution in [-0.2, 0) is 14.6 Å². The molecule has 7 heteroatoms. The first kappa shape index (κ1) is 12.9. The van der Waals surface area contributed by atoms with Gasteiger partial charge in [0.15, 0.2) is 0 Å². The third-order valence-electron chi connectivity index (χ3n) is 1.82. The third-order valence-corrected chi connectivity index (χ3v) is 1.82. The molecule has 1 aromatic carbocycles. The number of phenols is 1. The van der Waals surface area contributed by atoms with Gasteiger partial charge < -0.3 is 15.9 Å². The van der Waals surface area contributed by atoms with Crippen molar-refractivity contribution in [3.8, 4) is 5.75 Å². The van der Waals surface area contributed by atoms with Gasteiger partial charge in [0.05, 0.1) is 6.61 Å².